The van der Waals surface area contributed by atoms with Crippen LogP contribution in [0, 0.1) is 0 Å². The molecule has 0 saturated heterocycles. The fourth-order valence-corrected chi connectivity index (χ4v) is 3.75. The number of carbonyl (C=O) groups excluding carboxylic acids is 1. The van der Waals surface area contributed by atoms with E-state index in [0.29, 0.717) is 17.2 Å². The number of benzene rings is 2. The SMILES string of the molecule is COc1ccc(OC(C)C(=O)Nc2ccc(S(=O)(=O)NC(C)(C)C)cc2)cc1. The summed E-state index contributed by atoms with van der Waals surface area (Å²) in [5.41, 5.74) is -0.107. The van der Waals surface area contributed by atoms with E-state index in [-0.39, 0.29) is 10.8 Å². The van der Waals surface area contributed by atoms with Gasteiger partial charge in [0.25, 0.3) is 5.91 Å². The van der Waals surface area contributed by atoms with Crippen molar-refractivity contribution < 1.29 is 22.7 Å². The zero-order chi connectivity index (χ0) is 20.9. The molecule has 0 aliphatic heterocycles. The van der Waals surface area contributed by atoms with Gasteiger partial charge in [0, 0.05) is 11.2 Å². The number of hydrogen-bond donors (Lipinski definition) is 2. The van der Waals surface area contributed by atoms with Gasteiger partial charge in [0.15, 0.2) is 6.10 Å². The van der Waals surface area contributed by atoms with Crippen molar-refractivity contribution in [1.29, 1.82) is 0 Å². The van der Waals surface area contributed by atoms with Crippen molar-refractivity contribution in [2.24, 2.45) is 0 Å². The molecular weight excluding hydrogens is 380 g/mol. The topological polar surface area (TPSA) is 93.7 Å². The Morgan fingerprint density at radius 1 is 0.964 bits per heavy atom. The first-order valence-electron chi connectivity index (χ1n) is 8.76. The second-order valence-corrected chi connectivity index (χ2v) is 8.99. The summed E-state index contributed by atoms with van der Waals surface area (Å²) in [4.78, 5) is 12.4. The molecule has 1 amide bonds. The third-order valence-electron chi connectivity index (χ3n) is 3.61. The van der Waals surface area contributed by atoms with E-state index < -0.39 is 21.7 Å². The van der Waals surface area contributed by atoms with Crippen LogP contribution in [0.3, 0.4) is 0 Å². The number of nitrogens with one attached hydrogen (secondary N) is 2. The van der Waals surface area contributed by atoms with Gasteiger partial charge in [-0.15, -0.1) is 0 Å². The van der Waals surface area contributed by atoms with Crippen LogP contribution in [-0.2, 0) is 14.8 Å². The van der Waals surface area contributed by atoms with Crippen molar-refractivity contribution in [2.45, 2.75) is 44.2 Å². The number of methoxy groups -OCH3 is 1. The largest absolute Gasteiger partial charge is 0.497 e. The maximum atomic E-state index is 12.3. The second-order valence-electron chi connectivity index (χ2n) is 7.30. The van der Waals surface area contributed by atoms with Crippen molar-refractivity contribution in [1.82, 2.24) is 4.72 Å². The number of sulfonamides is 1. The summed E-state index contributed by atoms with van der Waals surface area (Å²) in [5, 5.41) is 2.71. The molecule has 0 aliphatic rings. The summed E-state index contributed by atoms with van der Waals surface area (Å²) in [6.07, 6.45) is -0.737. The quantitative estimate of drug-likeness (QED) is 0.737. The number of amides is 1. The van der Waals surface area contributed by atoms with Crippen LogP contribution in [0.2, 0.25) is 0 Å². The van der Waals surface area contributed by atoms with Crippen molar-refractivity contribution in [3.8, 4) is 11.5 Å². The van der Waals surface area contributed by atoms with Crippen LogP contribution in [0.25, 0.3) is 0 Å². The predicted octanol–water partition coefficient (Wildman–Crippen LogP) is 3.18. The number of carbonyl (C=O) groups is 1. The molecule has 0 aromatic heterocycles. The first-order valence-corrected chi connectivity index (χ1v) is 10.2. The lowest BCUT2D eigenvalue weighted by molar-refractivity contribution is -0.122. The van der Waals surface area contributed by atoms with E-state index in [9.17, 15) is 13.2 Å². The molecule has 1 atom stereocenters. The van der Waals surface area contributed by atoms with E-state index in [1.165, 1.54) is 24.3 Å². The third-order valence-corrected chi connectivity index (χ3v) is 5.39. The molecule has 1 unspecified atom stereocenters. The lowest BCUT2D eigenvalue weighted by Gasteiger charge is -2.20. The summed E-state index contributed by atoms with van der Waals surface area (Å²) < 4.78 is 37.9. The molecular formula is C20H26N2O5S. The van der Waals surface area contributed by atoms with E-state index in [2.05, 4.69) is 10.0 Å². The van der Waals surface area contributed by atoms with E-state index in [0.717, 1.165) is 0 Å². The molecule has 0 radical (unpaired) electrons. The lowest BCUT2D eigenvalue weighted by atomic mass is 10.1. The molecule has 0 spiro atoms. The van der Waals surface area contributed by atoms with Crippen molar-refractivity contribution in [2.75, 3.05) is 12.4 Å². The van der Waals surface area contributed by atoms with Gasteiger partial charge in [-0.05, 0) is 76.2 Å². The van der Waals surface area contributed by atoms with Gasteiger partial charge in [-0.25, -0.2) is 13.1 Å². The summed E-state index contributed by atoms with van der Waals surface area (Å²) in [6.45, 7) is 6.93. The van der Waals surface area contributed by atoms with E-state index in [1.807, 2.05) is 0 Å². The van der Waals surface area contributed by atoms with E-state index >= 15 is 0 Å². The summed E-state index contributed by atoms with van der Waals surface area (Å²) in [7, 11) is -2.05. The van der Waals surface area contributed by atoms with E-state index in [1.54, 1.807) is 59.1 Å². The maximum absolute atomic E-state index is 12.3. The van der Waals surface area contributed by atoms with Gasteiger partial charge < -0.3 is 14.8 Å². The monoisotopic (exact) mass is 406 g/mol. The smallest absolute Gasteiger partial charge is 0.265 e. The fraction of sp³-hybridized carbons (Fsp3) is 0.350. The van der Waals surface area contributed by atoms with Gasteiger partial charge >= 0.3 is 0 Å². The molecule has 2 N–H and O–H groups in total. The van der Waals surface area contributed by atoms with Crippen LogP contribution >= 0.6 is 0 Å². The Hall–Kier alpha value is -2.58. The average Bonchev–Trinajstić information content (AvgIpc) is 2.60. The van der Waals surface area contributed by atoms with Gasteiger partial charge in [0.1, 0.15) is 11.5 Å². The molecule has 7 nitrogen and oxygen atoms in total. The second kappa shape index (κ2) is 8.62. The normalized spacial score (nSPS) is 12.9. The van der Waals surface area contributed by atoms with Crippen LogP contribution in [-0.4, -0.2) is 33.1 Å². The van der Waals surface area contributed by atoms with Gasteiger partial charge in [-0.3, -0.25) is 4.79 Å². The molecule has 0 bridgehead atoms. The minimum Gasteiger partial charge on any atom is -0.497 e. The highest BCUT2D eigenvalue weighted by molar-refractivity contribution is 7.89. The van der Waals surface area contributed by atoms with Gasteiger partial charge in [-0.1, -0.05) is 0 Å². The molecule has 0 saturated carbocycles. The molecule has 0 aliphatic carbocycles. The first kappa shape index (κ1) is 21.7. The van der Waals surface area contributed by atoms with Crippen LogP contribution in [0.5, 0.6) is 11.5 Å². The molecule has 2 rings (SSSR count). The highest BCUT2D eigenvalue weighted by Gasteiger charge is 2.22. The minimum atomic E-state index is -3.62. The van der Waals surface area contributed by atoms with Crippen LogP contribution in [0.15, 0.2) is 53.4 Å². The molecule has 28 heavy (non-hydrogen) atoms. The standard InChI is InChI=1S/C20H26N2O5S/c1-14(27-17-10-8-16(26-5)9-11-17)19(23)21-15-6-12-18(13-7-15)28(24,25)22-20(2,3)4/h6-14,22H,1-5H3,(H,21,23). The molecule has 152 valence electrons. The first-order chi connectivity index (χ1) is 13.0. The van der Waals surface area contributed by atoms with Crippen LogP contribution in [0.1, 0.15) is 27.7 Å². The van der Waals surface area contributed by atoms with Gasteiger partial charge in [0.05, 0.1) is 12.0 Å². The van der Waals surface area contributed by atoms with Crippen molar-refractivity contribution >= 4 is 21.6 Å². The molecule has 2 aromatic rings. The lowest BCUT2D eigenvalue weighted by Crippen LogP contribution is -2.40. The molecule has 0 heterocycles. The predicted molar refractivity (Wildman–Crippen MR) is 108 cm³/mol. The Labute approximate surface area is 166 Å². The maximum Gasteiger partial charge on any atom is 0.265 e. The Balaban J connectivity index is 1.99. The molecule has 0 fully saturated rings. The Kier molecular flexibility index (Phi) is 6.69. The van der Waals surface area contributed by atoms with Gasteiger partial charge in [0.2, 0.25) is 10.0 Å². The summed E-state index contributed by atoms with van der Waals surface area (Å²) >= 11 is 0. The summed E-state index contributed by atoms with van der Waals surface area (Å²) in [5.74, 6) is 0.887. The number of anilines is 1. The number of rotatable bonds is 7. The fourth-order valence-electron chi connectivity index (χ4n) is 2.34. The van der Waals surface area contributed by atoms with Crippen LogP contribution in [0.4, 0.5) is 5.69 Å². The van der Waals surface area contributed by atoms with Gasteiger partial charge in [-0.2, -0.15) is 0 Å². The average molecular weight is 407 g/mol. The summed E-state index contributed by atoms with van der Waals surface area (Å²) in [6, 6.07) is 12.9. The number of hydrogen-bond acceptors (Lipinski definition) is 5. The highest BCUT2D eigenvalue weighted by atomic mass is 32.2. The Morgan fingerprint density at radius 3 is 2.00 bits per heavy atom. The van der Waals surface area contributed by atoms with Crippen molar-refractivity contribution in [3.63, 3.8) is 0 Å². The minimum absolute atomic E-state index is 0.128. The third kappa shape index (κ3) is 6.24. The molecule has 2 aromatic carbocycles. The zero-order valence-corrected chi connectivity index (χ0v) is 17.5. The van der Waals surface area contributed by atoms with Crippen molar-refractivity contribution in [3.05, 3.63) is 48.5 Å². The molecule has 8 heteroatoms. The Bertz CT molecular complexity index is 901. The number of ether oxygens (including phenoxy) is 2. The van der Waals surface area contributed by atoms with Crippen LogP contribution < -0.4 is 19.5 Å². The van der Waals surface area contributed by atoms with E-state index in [4.69, 9.17) is 9.47 Å². The zero-order valence-electron chi connectivity index (χ0n) is 16.6. The highest BCUT2D eigenvalue weighted by Crippen LogP contribution is 2.19. The Morgan fingerprint density at radius 2 is 1.50 bits per heavy atom.